The van der Waals surface area contributed by atoms with Gasteiger partial charge in [0.05, 0.1) is 6.10 Å². The molecule has 0 radical (unpaired) electrons. The van der Waals surface area contributed by atoms with E-state index in [1.165, 1.54) is 23.2 Å². The molecule has 0 aromatic heterocycles. The number of benzene rings is 1. The van der Waals surface area contributed by atoms with E-state index in [1.54, 1.807) is 0 Å². The molecule has 0 amide bonds. The molecule has 1 aromatic carbocycles. The van der Waals surface area contributed by atoms with Crippen molar-refractivity contribution in [2.45, 2.75) is 59.2 Å². The molecule has 0 aliphatic carbocycles. The zero-order valence-electron chi connectivity index (χ0n) is 13.7. The summed E-state index contributed by atoms with van der Waals surface area (Å²) in [5.74, 6) is 0.284. The maximum Gasteiger partial charge on any atom is 0.107 e. The van der Waals surface area contributed by atoms with Crippen molar-refractivity contribution in [3.63, 3.8) is 0 Å². The Kier molecular flexibility index (Phi) is 6.70. The Morgan fingerprint density at radius 3 is 2.30 bits per heavy atom. The van der Waals surface area contributed by atoms with Gasteiger partial charge < -0.3 is 5.11 Å². The number of unbranched alkanes of at least 4 members (excludes halogenated alkanes) is 1. The Morgan fingerprint density at radius 2 is 1.80 bits per heavy atom. The summed E-state index contributed by atoms with van der Waals surface area (Å²) < 4.78 is 0. The number of hydrogen-bond acceptors (Lipinski definition) is 1. The Hall–Kier alpha value is -0.863. The lowest BCUT2D eigenvalue weighted by atomic mass is 10.1. The average molecular weight is 291 g/mol. The maximum absolute atomic E-state index is 10.3. The molecule has 1 nitrogen and oxygen atoms in total. The van der Waals surface area contributed by atoms with E-state index in [0.29, 0.717) is 0 Å². The zero-order valence-corrected chi connectivity index (χ0v) is 14.7. The predicted molar refractivity (Wildman–Crippen MR) is 92.0 cm³/mol. The van der Waals surface area contributed by atoms with Gasteiger partial charge in [-0.3, -0.25) is 0 Å². The van der Waals surface area contributed by atoms with Crippen LogP contribution in [0.15, 0.2) is 41.6 Å². The van der Waals surface area contributed by atoms with E-state index in [0.717, 1.165) is 6.42 Å². The van der Waals surface area contributed by atoms with Crippen molar-refractivity contribution >= 4 is 13.3 Å². The first-order valence-electron chi connectivity index (χ1n) is 7.84. The van der Waals surface area contributed by atoms with E-state index in [9.17, 15) is 5.11 Å². The standard InChI is InChI=1S/C18H30OSi/c1-6-7-11-17(14-18(19)15(2)3)20(4,5)16-12-9-8-10-13-16/h8-10,12-15,18-19H,6-7,11H2,1-5H3/b17-14-. The minimum absolute atomic E-state index is 0.284. The quantitative estimate of drug-likeness (QED) is 0.743. The highest BCUT2D eigenvalue weighted by atomic mass is 28.3. The van der Waals surface area contributed by atoms with Crippen LogP contribution in [0, 0.1) is 5.92 Å². The third-order valence-electron chi connectivity index (χ3n) is 4.15. The Labute approximate surface area is 125 Å². The molecule has 1 rings (SSSR count). The van der Waals surface area contributed by atoms with Crippen LogP contribution >= 0.6 is 0 Å². The second-order valence-electron chi connectivity index (χ2n) is 6.52. The van der Waals surface area contributed by atoms with Crippen molar-refractivity contribution in [3.8, 4) is 0 Å². The molecule has 0 aliphatic heterocycles. The topological polar surface area (TPSA) is 20.2 Å². The van der Waals surface area contributed by atoms with Gasteiger partial charge >= 0.3 is 0 Å². The molecule has 0 heterocycles. The van der Waals surface area contributed by atoms with Crippen LogP contribution in [0.25, 0.3) is 0 Å². The number of allylic oxidation sites excluding steroid dienone is 1. The molecule has 1 aromatic rings. The van der Waals surface area contributed by atoms with Crippen LogP contribution < -0.4 is 5.19 Å². The fraction of sp³-hybridized carbons (Fsp3) is 0.556. The van der Waals surface area contributed by atoms with Crippen LogP contribution in [0.2, 0.25) is 13.1 Å². The minimum atomic E-state index is -1.65. The minimum Gasteiger partial charge on any atom is -0.389 e. The van der Waals surface area contributed by atoms with Crippen LogP contribution in [0.4, 0.5) is 0 Å². The van der Waals surface area contributed by atoms with Gasteiger partial charge in [0.15, 0.2) is 0 Å². The molecular formula is C18H30OSi. The molecular weight excluding hydrogens is 260 g/mol. The Morgan fingerprint density at radius 1 is 1.20 bits per heavy atom. The Bertz CT molecular complexity index is 420. The van der Waals surface area contributed by atoms with Gasteiger partial charge in [-0.15, -0.1) is 0 Å². The second kappa shape index (κ2) is 7.80. The summed E-state index contributed by atoms with van der Waals surface area (Å²) in [6.45, 7) is 11.2. The molecule has 0 saturated heterocycles. The summed E-state index contributed by atoms with van der Waals surface area (Å²) in [5.41, 5.74) is 0. The fourth-order valence-corrected chi connectivity index (χ4v) is 5.20. The highest BCUT2D eigenvalue weighted by molar-refractivity contribution is 6.95. The lowest BCUT2D eigenvalue weighted by molar-refractivity contribution is 0.171. The number of aliphatic hydroxyl groups is 1. The monoisotopic (exact) mass is 290 g/mol. The molecule has 0 fully saturated rings. The molecule has 0 saturated carbocycles. The molecule has 2 heteroatoms. The summed E-state index contributed by atoms with van der Waals surface area (Å²) >= 11 is 0. The zero-order chi connectivity index (χ0) is 15.2. The van der Waals surface area contributed by atoms with Gasteiger partial charge in [-0.05, 0) is 12.3 Å². The first-order chi connectivity index (χ1) is 9.39. The SMILES string of the molecule is CCCC/C(=C/C(O)C(C)C)[Si](C)(C)c1ccccc1. The number of rotatable bonds is 7. The first kappa shape index (κ1) is 17.2. The van der Waals surface area contributed by atoms with Crippen LogP contribution in [0.5, 0.6) is 0 Å². The molecule has 1 unspecified atom stereocenters. The maximum atomic E-state index is 10.3. The van der Waals surface area contributed by atoms with Gasteiger partial charge in [0.2, 0.25) is 0 Å². The van der Waals surface area contributed by atoms with E-state index in [-0.39, 0.29) is 12.0 Å². The lowest BCUT2D eigenvalue weighted by Gasteiger charge is -2.28. The molecule has 1 atom stereocenters. The van der Waals surface area contributed by atoms with Crippen molar-refractivity contribution < 1.29 is 5.11 Å². The van der Waals surface area contributed by atoms with Gasteiger partial charge in [-0.1, -0.05) is 93.5 Å². The molecule has 0 spiro atoms. The molecule has 1 N–H and O–H groups in total. The van der Waals surface area contributed by atoms with Gasteiger partial charge in [-0.2, -0.15) is 0 Å². The van der Waals surface area contributed by atoms with Crippen LogP contribution in [-0.4, -0.2) is 19.3 Å². The summed E-state index contributed by atoms with van der Waals surface area (Å²) in [7, 11) is -1.65. The average Bonchev–Trinajstić information content (AvgIpc) is 2.43. The van der Waals surface area contributed by atoms with Crippen molar-refractivity contribution in [1.29, 1.82) is 0 Å². The summed E-state index contributed by atoms with van der Waals surface area (Å²) in [5, 5.41) is 13.2. The number of hydrogen-bond donors (Lipinski definition) is 1. The third-order valence-corrected chi connectivity index (χ3v) is 7.95. The van der Waals surface area contributed by atoms with Crippen molar-refractivity contribution in [3.05, 3.63) is 41.6 Å². The van der Waals surface area contributed by atoms with E-state index in [1.807, 2.05) is 0 Å². The van der Waals surface area contributed by atoms with Gasteiger partial charge in [-0.25, -0.2) is 0 Å². The van der Waals surface area contributed by atoms with Gasteiger partial charge in [0.1, 0.15) is 8.07 Å². The normalized spacial score (nSPS) is 14.7. The largest absolute Gasteiger partial charge is 0.389 e. The van der Waals surface area contributed by atoms with Crippen molar-refractivity contribution in [2.24, 2.45) is 5.92 Å². The van der Waals surface area contributed by atoms with Crippen molar-refractivity contribution in [1.82, 2.24) is 0 Å². The number of aliphatic hydroxyl groups excluding tert-OH is 1. The van der Waals surface area contributed by atoms with Crippen molar-refractivity contribution in [2.75, 3.05) is 0 Å². The highest BCUT2D eigenvalue weighted by Gasteiger charge is 2.28. The summed E-state index contributed by atoms with van der Waals surface area (Å²) in [6.07, 6.45) is 5.36. The van der Waals surface area contributed by atoms with E-state index >= 15 is 0 Å². The highest BCUT2D eigenvalue weighted by Crippen LogP contribution is 2.23. The smallest absolute Gasteiger partial charge is 0.107 e. The van der Waals surface area contributed by atoms with Crippen LogP contribution in [-0.2, 0) is 0 Å². The molecule has 0 aliphatic rings. The van der Waals surface area contributed by atoms with E-state index < -0.39 is 8.07 Å². The summed E-state index contributed by atoms with van der Waals surface area (Å²) in [6, 6.07) is 10.8. The lowest BCUT2D eigenvalue weighted by Crippen LogP contribution is -2.44. The van der Waals surface area contributed by atoms with Crippen LogP contribution in [0.1, 0.15) is 40.0 Å². The fourth-order valence-electron chi connectivity index (χ4n) is 2.41. The van der Waals surface area contributed by atoms with Gasteiger partial charge in [0.25, 0.3) is 0 Å². The summed E-state index contributed by atoms with van der Waals surface area (Å²) in [4.78, 5) is 0. The third kappa shape index (κ3) is 4.60. The first-order valence-corrected chi connectivity index (χ1v) is 10.8. The molecule has 20 heavy (non-hydrogen) atoms. The predicted octanol–water partition coefficient (Wildman–Crippen LogP) is 4.27. The Balaban J connectivity index is 3.09. The second-order valence-corrected chi connectivity index (χ2v) is 11.0. The molecule has 112 valence electrons. The van der Waals surface area contributed by atoms with Gasteiger partial charge in [0, 0.05) is 0 Å². The van der Waals surface area contributed by atoms with E-state index in [2.05, 4.69) is 70.3 Å². The van der Waals surface area contributed by atoms with E-state index in [4.69, 9.17) is 0 Å². The molecule has 0 bridgehead atoms. The van der Waals surface area contributed by atoms with Crippen LogP contribution in [0.3, 0.4) is 0 Å².